The van der Waals surface area contributed by atoms with Gasteiger partial charge in [-0.15, -0.1) is 0 Å². The minimum absolute atomic E-state index is 0.119. The number of carbonyl (C=O) groups is 1. The Labute approximate surface area is 241 Å². The average molecular weight is 565 g/mol. The number of halogens is 1. The number of nitrogens with two attached hydrogens (primary N) is 1. The number of hydrogen-bond acceptors (Lipinski definition) is 6. The summed E-state index contributed by atoms with van der Waals surface area (Å²) in [5.41, 5.74) is 7.36. The number of fused-ring (bicyclic) bond motifs is 1. The van der Waals surface area contributed by atoms with Crippen LogP contribution in [0.15, 0.2) is 42.9 Å². The lowest BCUT2D eigenvalue weighted by atomic mass is 9.87. The number of nitrogens with zero attached hydrogens (tertiary/aromatic N) is 3. The van der Waals surface area contributed by atoms with E-state index in [1.165, 1.54) is 6.42 Å². The number of piperidine rings is 1. The molecule has 1 saturated heterocycles. The van der Waals surface area contributed by atoms with Crippen molar-refractivity contribution < 1.29 is 9.90 Å². The van der Waals surface area contributed by atoms with Crippen molar-refractivity contribution in [1.29, 1.82) is 0 Å². The molecule has 1 aliphatic rings. The lowest BCUT2D eigenvalue weighted by Gasteiger charge is -2.38. The summed E-state index contributed by atoms with van der Waals surface area (Å²) in [6, 6.07) is 9.37. The molecule has 5 N–H and O–H groups in total. The van der Waals surface area contributed by atoms with Crippen molar-refractivity contribution in [1.82, 2.24) is 20.3 Å². The SMILES string of the molecule is CC.CC.CC.CCC.CCO.NC1(C(=O)NCc2ccc(Cl)cc2)CCN(c2ncnc3[nH]ccc23)CC1. The molecule has 3 heterocycles. The molecule has 3 aromatic rings. The average Bonchev–Trinajstić information content (AvgIpc) is 3.47. The molecule has 222 valence electrons. The van der Waals surface area contributed by atoms with Crippen LogP contribution in [0.25, 0.3) is 11.0 Å². The minimum atomic E-state index is -0.868. The van der Waals surface area contributed by atoms with Crippen LogP contribution in [0, 0.1) is 0 Å². The topological polar surface area (TPSA) is 120 Å². The Hall–Kier alpha value is -2.68. The van der Waals surface area contributed by atoms with Crippen molar-refractivity contribution in [3.8, 4) is 0 Å². The highest BCUT2D eigenvalue weighted by atomic mass is 35.5. The highest BCUT2D eigenvalue weighted by Gasteiger charge is 2.38. The number of aromatic nitrogens is 3. The van der Waals surface area contributed by atoms with E-state index in [2.05, 4.69) is 39.0 Å². The molecule has 39 heavy (non-hydrogen) atoms. The summed E-state index contributed by atoms with van der Waals surface area (Å²) in [6.45, 7) is 20.0. The van der Waals surface area contributed by atoms with Gasteiger partial charge in [0.15, 0.2) is 0 Å². The first kappa shape index (κ1) is 38.5. The number of aromatic amines is 1. The molecule has 9 heteroatoms. The van der Waals surface area contributed by atoms with E-state index in [9.17, 15) is 4.79 Å². The van der Waals surface area contributed by atoms with Crippen LogP contribution in [-0.4, -0.2) is 51.2 Å². The predicted molar refractivity (Wildman–Crippen MR) is 168 cm³/mol. The van der Waals surface area contributed by atoms with E-state index < -0.39 is 5.54 Å². The van der Waals surface area contributed by atoms with E-state index in [0.717, 1.165) is 22.4 Å². The predicted octanol–water partition coefficient (Wildman–Crippen LogP) is 6.72. The van der Waals surface area contributed by atoms with Crippen LogP contribution >= 0.6 is 11.6 Å². The molecule has 0 unspecified atom stereocenters. The number of H-pyrrole nitrogens is 1. The van der Waals surface area contributed by atoms with Crippen molar-refractivity contribution in [3.05, 3.63) is 53.4 Å². The Balaban J connectivity index is 0. The molecule has 1 amide bonds. The Morgan fingerprint density at radius 2 is 1.54 bits per heavy atom. The van der Waals surface area contributed by atoms with Crippen LogP contribution in [0.3, 0.4) is 0 Å². The van der Waals surface area contributed by atoms with Crippen LogP contribution in [-0.2, 0) is 11.3 Å². The van der Waals surface area contributed by atoms with E-state index >= 15 is 0 Å². The number of anilines is 1. The lowest BCUT2D eigenvalue weighted by Crippen LogP contribution is -2.59. The smallest absolute Gasteiger partial charge is 0.240 e. The van der Waals surface area contributed by atoms with Crippen LogP contribution < -0.4 is 16.0 Å². The van der Waals surface area contributed by atoms with E-state index in [4.69, 9.17) is 22.4 Å². The van der Waals surface area contributed by atoms with Gasteiger partial charge in [-0.05, 0) is 43.5 Å². The maximum Gasteiger partial charge on any atom is 0.240 e. The van der Waals surface area contributed by atoms with Gasteiger partial charge in [0.2, 0.25) is 5.91 Å². The molecule has 1 aliphatic heterocycles. The molecule has 0 atom stereocenters. The number of amides is 1. The molecule has 2 aromatic heterocycles. The fourth-order valence-electron chi connectivity index (χ4n) is 3.42. The molecular weight excluding hydrogens is 512 g/mol. The number of benzene rings is 1. The molecule has 0 bridgehead atoms. The summed E-state index contributed by atoms with van der Waals surface area (Å²) in [5.74, 6) is 0.761. The van der Waals surface area contributed by atoms with Crippen molar-refractivity contribution in [2.24, 2.45) is 5.73 Å². The van der Waals surface area contributed by atoms with Crippen molar-refractivity contribution in [2.75, 3.05) is 24.6 Å². The van der Waals surface area contributed by atoms with Gasteiger partial charge >= 0.3 is 0 Å². The van der Waals surface area contributed by atoms with E-state index in [-0.39, 0.29) is 12.5 Å². The molecule has 8 nitrogen and oxygen atoms in total. The van der Waals surface area contributed by atoms with Crippen LogP contribution in [0.5, 0.6) is 0 Å². The first-order valence-electron chi connectivity index (χ1n) is 14.3. The number of nitrogens with one attached hydrogen (secondary N) is 2. The zero-order valence-corrected chi connectivity index (χ0v) is 26.4. The maximum absolute atomic E-state index is 12.7. The zero-order chi connectivity index (χ0) is 30.3. The van der Waals surface area contributed by atoms with Gasteiger partial charge in [-0.2, -0.15) is 0 Å². The van der Waals surface area contributed by atoms with Gasteiger partial charge in [0.05, 0.1) is 10.9 Å². The second kappa shape index (κ2) is 23.2. The Kier molecular flexibility index (Phi) is 22.9. The van der Waals surface area contributed by atoms with Gasteiger partial charge in [0, 0.05) is 37.5 Å². The largest absolute Gasteiger partial charge is 0.397 e. The summed E-state index contributed by atoms with van der Waals surface area (Å²) in [7, 11) is 0. The van der Waals surface area contributed by atoms with Crippen LogP contribution in [0.1, 0.15) is 87.1 Å². The van der Waals surface area contributed by atoms with Gasteiger partial charge in [0.1, 0.15) is 17.8 Å². The van der Waals surface area contributed by atoms with Crippen molar-refractivity contribution >= 4 is 34.4 Å². The fourth-order valence-corrected chi connectivity index (χ4v) is 3.54. The van der Waals surface area contributed by atoms with Gasteiger partial charge in [-0.25, -0.2) is 9.97 Å². The molecule has 1 aromatic carbocycles. The summed E-state index contributed by atoms with van der Waals surface area (Å²) < 4.78 is 0. The number of aliphatic hydroxyl groups excluding tert-OH is 1. The number of carbonyl (C=O) groups excluding carboxylic acids is 1. The molecule has 0 spiro atoms. The van der Waals surface area contributed by atoms with Crippen molar-refractivity contribution in [2.45, 2.75) is 93.7 Å². The number of hydrogen-bond donors (Lipinski definition) is 4. The molecular formula is C30H53ClN6O2. The zero-order valence-electron chi connectivity index (χ0n) is 25.6. The maximum atomic E-state index is 12.7. The van der Waals surface area contributed by atoms with E-state index in [0.29, 0.717) is 37.5 Å². The first-order chi connectivity index (χ1) is 18.9. The van der Waals surface area contributed by atoms with Gasteiger partial charge < -0.3 is 26.0 Å². The lowest BCUT2D eigenvalue weighted by molar-refractivity contribution is -0.127. The summed E-state index contributed by atoms with van der Waals surface area (Å²) >= 11 is 5.89. The van der Waals surface area contributed by atoms with Crippen molar-refractivity contribution in [3.63, 3.8) is 0 Å². The van der Waals surface area contributed by atoms with E-state index in [1.54, 1.807) is 13.3 Å². The monoisotopic (exact) mass is 564 g/mol. The first-order valence-corrected chi connectivity index (χ1v) is 14.7. The quantitative estimate of drug-likeness (QED) is 0.279. The summed E-state index contributed by atoms with van der Waals surface area (Å²) in [5, 5.41) is 12.2. The van der Waals surface area contributed by atoms with Gasteiger partial charge in [0.25, 0.3) is 0 Å². The fraction of sp³-hybridized carbons (Fsp3) is 0.567. The van der Waals surface area contributed by atoms with E-state index in [1.807, 2.05) is 78.1 Å². The molecule has 0 radical (unpaired) electrons. The number of rotatable bonds is 4. The highest BCUT2D eigenvalue weighted by Crippen LogP contribution is 2.28. The second-order valence-electron chi connectivity index (χ2n) is 7.91. The molecule has 1 fully saturated rings. The molecule has 0 saturated carbocycles. The molecule has 4 rings (SSSR count). The molecule has 0 aliphatic carbocycles. The highest BCUT2D eigenvalue weighted by molar-refractivity contribution is 6.30. The minimum Gasteiger partial charge on any atom is -0.397 e. The number of aliphatic hydroxyl groups is 1. The summed E-state index contributed by atoms with van der Waals surface area (Å²) in [4.78, 5) is 26.6. The third-order valence-electron chi connectivity index (χ3n) is 5.11. The second-order valence-corrected chi connectivity index (χ2v) is 8.35. The summed E-state index contributed by atoms with van der Waals surface area (Å²) in [6.07, 6.45) is 5.78. The van der Waals surface area contributed by atoms with Crippen LogP contribution in [0.2, 0.25) is 5.02 Å². The van der Waals surface area contributed by atoms with Gasteiger partial charge in [-0.3, -0.25) is 4.79 Å². The Morgan fingerprint density at radius 3 is 2.05 bits per heavy atom. The van der Waals surface area contributed by atoms with Gasteiger partial charge in [-0.1, -0.05) is 85.5 Å². The third kappa shape index (κ3) is 13.3. The Morgan fingerprint density at radius 1 is 1.03 bits per heavy atom. The standard InChI is InChI=1S/C19H21ClN6O.C3H8.C2H6O.3C2H6/c20-14-3-1-13(2-4-14)11-23-18(27)19(21)6-9-26(10-7-19)17-15-5-8-22-16(15)24-12-25-17;1-3-2;1-2-3;3*1-2/h1-5,8,12H,6-7,9-11,21H2,(H,23,27)(H,22,24,25);3H2,1-2H3;3H,2H2,1H3;3*1-2H3. The normalized spacial score (nSPS) is 12.8. The third-order valence-corrected chi connectivity index (χ3v) is 5.36. The van der Waals surface area contributed by atoms with Crippen LogP contribution in [0.4, 0.5) is 5.82 Å². The Bertz CT molecular complexity index is 985.